The molecule has 0 saturated heterocycles. The predicted octanol–water partition coefficient (Wildman–Crippen LogP) is 2.88. The van der Waals surface area contributed by atoms with Crippen LogP contribution >= 0.6 is 0 Å². The van der Waals surface area contributed by atoms with Crippen LogP contribution in [-0.4, -0.2) is 39.3 Å². The Morgan fingerprint density at radius 1 is 1.26 bits per heavy atom. The van der Waals surface area contributed by atoms with Gasteiger partial charge in [0.15, 0.2) is 0 Å². The Bertz CT molecular complexity index is 612. The first-order valence-electron chi connectivity index (χ1n) is 8.13. The number of unbranched alkanes of at least 4 members (excludes halogenated alkanes) is 1. The zero-order valence-corrected chi connectivity index (χ0v) is 15.3. The second kappa shape index (κ2) is 9.03. The molecule has 0 spiro atoms. The molecule has 0 fully saturated rings. The van der Waals surface area contributed by atoms with Crippen LogP contribution < -0.4 is 5.32 Å². The van der Waals surface area contributed by atoms with Crippen LogP contribution in [-0.2, 0) is 10.0 Å². The van der Waals surface area contributed by atoms with Crippen molar-refractivity contribution in [3.05, 3.63) is 29.8 Å². The molecule has 1 N–H and O–H groups in total. The van der Waals surface area contributed by atoms with Gasteiger partial charge in [0.05, 0.1) is 4.90 Å². The molecule has 23 heavy (non-hydrogen) atoms. The van der Waals surface area contributed by atoms with Gasteiger partial charge in [-0.2, -0.15) is 0 Å². The van der Waals surface area contributed by atoms with Crippen molar-refractivity contribution >= 4 is 15.9 Å². The van der Waals surface area contributed by atoms with Crippen LogP contribution in [0.15, 0.2) is 29.2 Å². The fourth-order valence-corrected chi connectivity index (χ4v) is 3.24. The van der Waals surface area contributed by atoms with Crippen LogP contribution in [0.4, 0.5) is 0 Å². The first-order valence-corrected chi connectivity index (χ1v) is 9.57. The molecule has 0 radical (unpaired) electrons. The maximum atomic E-state index is 12.3. The molecule has 0 heterocycles. The Kier molecular flexibility index (Phi) is 7.72. The molecule has 0 aliphatic carbocycles. The molecule has 0 aliphatic heterocycles. The average molecular weight is 340 g/mol. The number of carbonyl (C=O) groups excluding carboxylic acids is 1. The van der Waals surface area contributed by atoms with Gasteiger partial charge in [0.1, 0.15) is 0 Å². The van der Waals surface area contributed by atoms with Gasteiger partial charge in [-0.05, 0) is 30.5 Å². The van der Waals surface area contributed by atoms with Gasteiger partial charge in [-0.25, -0.2) is 12.7 Å². The monoisotopic (exact) mass is 340 g/mol. The van der Waals surface area contributed by atoms with Gasteiger partial charge in [0, 0.05) is 26.2 Å². The van der Waals surface area contributed by atoms with Crippen molar-refractivity contribution in [2.75, 3.05) is 20.6 Å². The highest BCUT2D eigenvalue weighted by Gasteiger charge is 2.19. The van der Waals surface area contributed by atoms with Gasteiger partial charge in [-0.3, -0.25) is 4.79 Å². The third kappa shape index (κ3) is 5.62. The first-order chi connectivity index (χ1) is 10.8. The number of rotatable bonds is 9. The van der Waals surface area contributed by atoms with Crippen LogP contribution in [0, 0.1) is 5.92 Å². The second-order valence-electron chi connectivity index (χ2n) is 5.94. The summed E-state index contributed by atoms with van der Waals surface area (Å²) in [6.07, 6.45) is 4.43. The molecule has 1 atom stereocenters. The highest BCUT2D eigenvalue weighted by atomic mass is 32.2. The number of nitrogens with one attached hydrogen (secondary N) is 1. The molecule has 0 aromatic heterocycles. The van der Waals surface area contributed by atoms with Crippen molar-refractivity contribution in [1.29, 1.82) is 0 Å². The van der Waals surface area contributed by atoms with Crippen LogP contribution in [0.5, 0.6) is 0 Å². The van der Waals surface area contributed by atoms with E-state index in [1.165, 1.54) is 26.2 Å². The van der Waals surface area contributed by atoms with Crippen LogP contribution in [0.2, 0.25) is 0 Å². The molecule has 0 unspecified atom stereocenters. The number of amides is 1. The summed E-state index contributed by atoms with van der Waals surface area (Å²) >= 11 is 0. The standard InChI is InChI=1S/C17H28N2O3S/c1-5-7-9-14(6-2)13-18-17(20)15-10-8-11-16(12-15)23(21,22)19(3)4/h8,10-12,14H,5-7,9,13H2,1-4H3,(H,18,20)/t14-/m1/s1. The molecule has 0 aliphatic rings. The van der Waals surface area contributed by atoms with Crippen molar-refractivity contribution in [2.45, 2.75) is 44.4 Å². The Hall–Kier alpha value is -1.40. The van der Waals surface area contributed by atoms with Gasteiger partial charge in [0.25, 0.3) is 5.91 Å². The third-order valence-electron chi connectivity index (χ3n) is 3.97. The summed E-state index contributed by atoms with van der Waals surface area (Å²) in [7, 11) is -0.580. The number of hydrogen-bond acceptors (Lipinski definition) is 3. The SMILES string of the molecule is CCCC[C@@H](CC)CNC(=O)c1cccc(S(=O)(=O)N(C)C)c1. The van der Waals surface area contributed by atoms with E-state index in [9.17, 15) is 13.2 Å². The lowest BCUT2D eigenvalue weighted by atomic mass is 9.99. The van der Waals surface area contributed by atoms with E-state index in [0.717, 1.165) is 30.0 Å². The summed E-state index contributed by atoms with van der Waals surface area (Å²) in [5, 5.41) is 2.92. The predicted molar refractivity (Wildman–Crippen MR) is 93.0 cm³/mol. The average Bonchev–Trinajstić information content (AvgIpc) is 2.54. The summed E-state index contributed by atoms with van der Waals surface area (Å²) in [5.74, 6) is 0.239. The highest BCUT2D eigenvalue weighted by molar-refractivity contribution is 7.89. The van der Waals surface area contributed by atoms with Crippen molar-refractivity contribution < 1.29 is 13.2 Å². The minimum atomic E-state index is -3.53. The van der Waals surface area contributed by atoms with Gasteiger partial charge in [0.2, 0.25) is 10.0 Å². The van der Waals surface area contributed by atoms with E-state index in [-0.39, 0.29) is 10.8 Å². The number of carbonyl (C=O) groups is 1. The Morgan fingerprint density at radius 3 is 2.52 bits per heavy atom. The molecule has 130 valence electrons. The fraction of sp³-hybridized carbons (Fsp3) is 0.588. The number of nitrogens with zero attached hydrogens (tertiary/aromatic N) is 1. The molecular weight excluding hydrogens is 312 g/mol. The minimum Gasteiger partial charge on any atom is -0.352 e. The topological polar surface area (TPSA) is 66.5 Å². The summed E-state index contributed by atoms with van der Waals surface area (Å²) in [6.45, 7) is 4.90. The number of benzene rings is 1. The fourth-order valence-electron chi connectivity index (χ4n) is 2.29. The number of hydrogen-bond donors (Lipinski definition) is 1. The van der Waals surface area contributed by atoms with E-state index in [1.54, 1.807) is 12.1 Å². The summed E-state index contributed by atoms with van der Waals surface area (Å²) in [5.41, 5.74) is 0.373. The zero-order chi connectivity index (χ0) is 17.5. The van der Waals surface area contributed by atoms with Gasteiger partial charge in [-0.15, -0.1) is 0 Å². The molecule has 1 aromatic carbocycles. The molecule has 5 nitrogen and oxygen atoms in total. The molecule has 0 bridgehead atoms. The third-order valence-corrected chi connectivity index (χ3v) is 5.78. The zero-order valence-electron chi connectivity index (χ0n) is 14.5. The van der Waals surface area contributed by atoms with E-state index in [2.05, 4.69) is 19.2 Å². The maximum absolute atomic E-state index is 12.3. The largest absolute Gasteiger partial charge is 0.352 e. The molecular formula is C17H28N2O3S. The Balaban J connectivity index is 2.78. The van der Waals surface area contributed by atoms with Gasteiger partial charge < -0.3 is 5.32 Å². The van der Waals surface area contributed by atoms with E-state index in [4.69, 9.17) is 0 Å². The second-order valence-corrected chi connectivity index (χ2v) is 8.09. The Labute approximate surface area is 140 Å². The van der Waals surface area contributed by atoms with Gasteiger partial charge in [-0.1, -0.05) is 39.2 Å². The quantitative estimate of drug-likeness (QED) is 0.751. The normalized spacial score (nSPS) is 13.1. The van der Waals surface area contributed by atoms with E-state index in [0.29, 0.717) is 18.0 Å². The van der Waals surface area contributed by atoms with E-state index < -0.39 is 10.0 Å². The van der Waals surface area contributed by atoms with Gasteiger partial charge >= 0.3 is 0 Å². The van der Waals surface area contributed by atoms with Crippen molar-refractivity contribution in [2.24, 2.45) is 5.92 Å². The van der Waals surface area contributed by atoms with Crippen LogP contribution in [0.3, 0.4) is 0 Å². The van der Waals surface area contributed by atoms with Crippen LogP contribution in [0.25, 0.3) is 0 Å². The van der Waals surface area contributed by atoms with Crippen LogP contribution in [0.1, 0.15) is 49.9 Å². The highest BCUT2D eigenvalue weighted by Crippen LogP contribution is 2.15. The van der Waals surface area contributed by atoms with Crippen molar-refractivity contribution in [3.63, 3.8) is 0 Å². The Morgan fingerprint density at radius 2 is 1.96 bits per heavy atom. The lowest BCUT2D eigenvalue weighted by Crippen LogP contribution is -2.29. The maximum Gasteiger partial charge on any atom is 0.251 e. The smallest absolute Gasteiger partial charge is 0.251 e. The van der Waals surface area contributed by atoms with Crippen molar-refractivity contribution in [1.82, 2.24) is 9.62 Å². The lowest BCUT2D eigenvalue weighted by molar-refractivity contribution is 0.0945. The molecule has 1 aromatic rings. The summed E-state index contributed by atoms with van der Waals surface area (Å²) in [6, 6.07) is 6.16. The molecule has 0 saturated carbocycles. The summed E-state index contributed by atoms with van der Waals surface area (Å²) < 4.78 is 25.4. The lowest BCUT2D eigenvalue weighted by Gasteiger charge is -2.16. The summed E-state index contributed by atoms with van der Waals surface area (Å²) in [4.78, 5) is 12.4. The first kappa shape index (κ1) is 19.6. The molecule has 1 amide bonds. The van der Waals surface area contributed by atoms with E-state index >= 15 is 0 Å². The van der Waals surface area contributed by atoms with Crippen molar-refractivity contribution in [3.8, 4) is 0 Å². The minimum absolute atomic E-state index is 0.133. The number of sulfonamides is 1. The molecule has 6 heteroatoms. The van der Waals surface area contributed by atoms with E-state index in [1.807, 2.05) is 0 Å². The molecule has 1 rings (SSSR count).